The second kappa shape index (κ2) is 7.83. The summed E-state index contributed by atoms with van der Waals surface area (Å²) in [5.41, 5.74) is 3.13. The fourth-order valence-corrected chi connectivity index (χ4v) is 2.47. The highest BCUT2D eigenvalue weighted by molar-refractivity contribution is 7.71. The molecule has 0 unspecified atom stereocenters. The molecule has 7 nitrogen and oxygen atoms in total. The minimum Gasteiger partial charge on any atom is -0.507 e. The van der Waals surface area contributed by atoms with Crippen LogP contribution in [0.15, 0.2) is 57.8 Å². The number of hydrogen-bond acceptors (Lipinski definition) is 6. The SMILES string of the molecule is CCc1ccc(N=Nc2ccc(O)c(/C=N/n3c(C)n[nH]c3=S)c2)cc1. The molecule has 0 spiro atoms. The summed E-state index contributed by atoms with van der Waals surface area (Å²) >= 11 is 5.10. The first-order valence-corrected chi connectivity index (χ1v) is 8.49. The Kier molecular flexibility index (Phi) is 5.33. The Balaban J connectivity index is 1.83. The third-order valence-electron chi connectivity index (χ3n) is 3.76. The van der Waals surface area contributed by atoms with Crippen LogP contribution in [0.1, 0.15) is 23.9 Å². The molecule has 0 fully saturated rings. The number of H-pyrrole nitrogens is 1. The van der Waals surface area contributed by atoms with Crippen LogP contribution in [0.25, 0.3) is 0 Å². The van der Waals surface area contributed by atoms with Crippen molar-refractivity contribution in [3.8, 4) is 5.75 Å². The summed E-state index contributed by atoms with van der Waals surface area (Å²) in [6.45, 7) is 3.88. The van der Waals surface area contributed by atoms with Gasteiger partial charge in [-0.25, -0.2) is 0 Å². The molecular weight excluding hydrogens is 348 g/mol. The highest BCUT2D eigenvalue weighted by Gasteiger charge is 2.02. The van der Waals surface area contributed by atoms with Crippen molar-refractivity contribution in [2.24, 2.45) is 15.3 Å². The van der Waals surface area contributed by atoms with E-state index in [0.717, 1.165) is 12.1 Å². The topological polar surface area (TPSA) is 90.9 Å². The predicted octanol–water partition coefficient (Wildman–Crippen LogP) is 4.81. The molecule has 3 aromatic rings. The second-order valence-corrected chi connectivity index (χ2v) is 5.98. The van der Waals surface area contributed by atoms with Gasteiger partial charge in [-0.15, -0.1) is 0 Å². The molecule has 3 rings (SSSR count). The number of rotatable bonds is 5. The first-order chi connectivity index (χ1) is 12.6. The van der Waals surface area contributed by atoms with E-state index < -0.39 is 0 Å². The maximum atomic E-state index is 10.0. The lowest BCUT2D eigenvalue weighted by molar-refractivity contribution is 0.474. The van der Waals surface area contributed by atoms with Gasteiger partial charge in [0.25, 0.3) is 0 Å². The lowest BCUT2D eigenvalue weighted by Gasteiger charge is -2.01. The van der Waals surface area contributed by atoms with Crippen LogP contribution in [0.3, 0.4) is 0 Å². The van der Waals surface area contributed by atoms with E-state index in [4.69, 9.17) is 12.2 Å². The third-order valence-corrected chi connectivity index (χ3v) is 4.03. The Bertz CT molecular complexity index is 1020. The number of benzene rings is 2. The summed E-state index contributed by atoms with van der Waals surface area (Å²) in [7, 11) is 0. The number of aromatic amines is 1. The number of hydrogen-bond donors (Lipinski definition) is 2. The molecule has 0 amide bonds. The summed E-state index contributed by atoms with van der Waals surface area (Å²) < 4.78 is 1.85. The van der Waals surface area contributed by atoms with E-state index in [1.807, 2.05) is 24.3 Å². The molecule has 0 bridgehead atoms. The number of nitrogens with one attached hydrogen (secondary N) is 1. The van der Waals surface area contributed by atoms with E-state index in [1.54, 1.807) is 25.1 Å². The number of phenolic OH excluding ortho intramolecular Hbond substituents is 1. The van der Waals surface area contributed by atoms with Gasteiger partial charge in [-0.3, -0.25) is 5.10 Å². The van der Waals surface area contributed by atoms with Crippen LogP contribution in [-0.2, 0) is 6.42 Å². The summed E-state index contributed by atoms with van der Waals surface area (Å²) in [6.07, 6.45) is 2.49. The van der Waals surface area contributed by atoms with E-state index in [2.05, 4.69) is 32.5 Å². The fourth-order valence-electron chi connectivity index (χ4n) is 2.25. The number of phenols is 1. The number of aryl methyl sites for hydroxylation is 2. The first kappa shape index (κ1) is 17.7. The van der Waals surface area contributed by atoms with E-state index in [9.17, 15) is 5.11 Å². The van der Waals surface area contributed by atoms with E-state index in [-0.39, 0.29) is 5.75 Å². The minimum atomic E-state index is 0.0904. The van der Waals surface area contributed by atoms with Crippen LogP contribution in [0.2, 0.25) is 0 Å². The van der Waals surface area contributed by atoms with Crippen molar-refractivity contribution in [1.29, 1.82) is 0 Å². The third kappa shape index (κ3) is 4.09. The summed E-state index contributed by atoms with van der Waals surface area (Å²) in [5, 5.41) is 29.3. The van der Waals surface area contributed by atoms with Crippen molar-refractivity contribution in [1.82, 2.24) is 14.9 Å². The van der Waals surface area contributed by atoms with E-state index >= 15 is 0 Å². The lowest BCUT2D eigenvalue weighted by atomic mass is 10.2. The van der Waals surface area contributed by atoms with Gasteiger partial charge >= 0.3 is 0 Å². The molecule has 0 aliphatic heterocycles. The quantitative estimate of drug-likeness (QED) is 0.385. The van der Waals surface area contributed by atoms with E-state index in [0.29, 0.717) is 21.8 Å². The molecule has 26 heavy (non-hydrogen) atoms. The van der Waals surface area contributed by atoms with Gasteiger partial charge in [0, 0.05) is 5.56 Å². The van der Waals surface area contributed by atoms with Crippen molar-refractivity contribution < 1.29 is 5.11 Å². The zero-order valence-electron chi connectivity index (χ0n) is 14.4. The molecule has 2 aromatic carbocycles. The minimum absolute atomic E-state index is 0.0904. The molecule has 0 atom stereocenters. The Morgan fingerprint density at radius 2 is 1.85 bits per heavy atom. The van der Waals surface area contributed by atoms with Gasteiger partial charge in [-0.2, -0.15) is 25.1 Å². The standard InChI is InChI=1S/C18H18N6OS/c1-3-13-4-6-15(7-5-13)21-22-16-8-9-17(25)14(10-16)11-19-24-12(2)20-23-18(24)26/h4-11,25H,3H2,1-2H3,(H,23,26)/b19-11+,22-21?. The highest BCUT2D eigenvalue weighted by atomic mass is 32.1. The van der Waals surface area contributed by atoms with Crippen LogP contribution in [0.4, 0.5) is 11.4 Å². The average molecular weight is 366 g/mol. The summed E-state index contributed by atoms with van der Waals surface area (Å²) in [6, 6.07) is 12.8. The fraction of sp³-hybridized carbons (Fsp3) is 0.167. The van der Waals surface area contributed by atoms with Crippen molar-refractivity contribution in [3.63, 3.8) is 0 Å². The normalized spacial score (nSPS) is 11.6. The maximum absolute atomic E-state index is 10.0. The molecule has 132 valence electrons. The smallest absolute Gasteiger partial charge is 0.216 e. The van der Waals surface area contributed by atoms with Gasteiger partial charge in [0.2, 0.25) is 4.77 Å². The largest absolute Gasteiger partial charge is 0.507 e. The molecule has 0 saturated heterocycles. The number of azo groups is 1. The van der Waals surface area contributed by atoms with Crippen LogP contribution in [0, 0.1) is 11.7 Å². The van der Waals surface area contributed by atoms with Gasteiger partial charge in [-0.05, 0) is 61.5 Å². The lowest BCUT2D eigenvalue weighted by Crippen LogP contribution is -1.94. The summed E-state index contributed by atoms with van der Waals surface area (Å²) in [5.74, 6) is 0.713. The number of aromatic nitrogens is 3. The molecule has 0 saturated carbocycles. The summed E-state index contributed by atoms with van der Waals surface area (Å²) in [4.78, 5) is 0. The molecule has 1 aromatic heterocycles. The van der Waals surface area contributed by atoms with Crippen LogP contribution in [0.5, 0.6) is 5.75 Å². The Hall–Kier alpha value is -3.13. The molecule has 0 aliphatic carbocycles. The number of aromatic hydroxyl groups is 1. The highest BCUT2D eigenvalue weighted by Crippen LogP contribution is 2.24. The Morgan fingerprint density at radius 3 is 2.50 bits per heavy atom. The van der Waals surface area contributed by atoms with Crippen LogP contribution >= 0.6 is 12.2 Å². The predicted molar refractivity (Wildman–Crippen MR) is 103 cm³/mol. The Labute approximate surface area is 155 Å². The zero-order valence-corrected chi connectivity index (χ0v) is 15.2. The zero-order chi connectivity index (χ0) is 18.5. The van der Waals surface area contributed by atoms with Crippen LogP contribution in [-0.4, -0.2) is 26.2 Å². The Morgan fingerprint density at radius 1 is 1.15 bits per heavy atom. The van der Waals surface area contributed by atoms with Crippen molar-refractivity contribution in [3.05, 3.63) is 64.2 Å². The molecule has 2 N–H and O–H groups in total. The van der Waals surface area contributed by atoms with Gasteiger partial charge < -0.3 is 5.11 Å². The molecule has 0 radical (unpaired) electrons. The van der Waals surface area contributed by atoms with Gasteiger partial charge in [0.05, 0.1) is 17.6 Å². The van der Waals surface area contributed by atoms with Crippen molar-refractivity contribution in [2.45, 2.75) is 20.3 Å². The van der Waals surface area contributed by atoms with E-state index in [1.165, 1.54) is 16.5 Å². The monoisotopic (exact) mass is 366 g/mol. The molecule has 1 heterocycles. The molecule has 8 heteroatoms. The molecule has 0 aliphatic rings. The first-order valence-electron chi connectivity index (χ1n) is 8.09. The van der Waals surface area contributed by atoms with Gasteiger partial charge in [0.1, 0.15) is 11.6 Å². The van der Waals surface area contributed by atoms with Gasteiger partial charge in [0.15, 0.2) is 0 Å². The second-order valence-electron chi connectivity index (χ2n) is 5.60. The average Bonchev–Trinajstić information content (AvgIpc) is 2.98. The van der Waals surface area contributed by atoms with Gasteiger partial charge in [-0.1, -0.05) is 19.1 Å². The van der Waals surface area contributed by atoms with Crippen LogP contribution < -0.4 is 0 Å². The number of nitrogens with zero attached hydrogens (tertiary/aromatic N) is 5. The van der Waals surface area contributed by atoms with Crippen molar-refractivity contribution in [2.75, 3.05) is 0 Å². The molecular formula is C18H18N6OS. The van der Waals surface area contributed by atoms with Crippen molar-refractivity contribution >= 4 is 29.8 Å². The maximum Gasteiger partial charge on any atom is 0.216 e.